The number of hydrogen-bond donors (Lipinski definition) is 1. The molecule has 3 rings (SSSR count). The zero-order valence-electron chi connectivity index (χ0n) is 11.6. The molecule has 1 aromatic carbocycles. The lowest BCUT2D eigenvalue weighted by Gasteiger charge is -2.24. The average molecular weight is 244 g/mol. The maximum absolute atomic E-state index is 3.68. The Balaban J connectivity index is 1.68. The maximum Gasteiger partial charge on any atom is 0.0237 e. The van der Waals surface area contributed by atoms with Crippen molar-refractivity contribution in [1.29, 1.82) is 0 Å². The van der Waals surface area contributed by atoms with Crippen molar-refractivity contribution in [3.8, 4) is 0 Å². The van der Waals surface area contributed by atoms with Crippen LogP contribution < -0.4 is 5.32 Å². The van der Waals surface area contributed by atoms with E-state index < -0.39 is 0 Å². The van der Waals surface area contributed by atoms with Crippen molar-refractivity contribution in [2.45, 2.75) is 39.3 Å². The van der Waals surface area contributed by atoms with Gasteiger partial charge in [-0.1, -0.05) is 23.8 Å². The first kappa shape index (κ1) is 12.2. The van der Waals surface area contributed by atoms with Crippen LogP contribution in [0.1, 0.15) is 29.5 Å². The number of nitrogens with zero attached hydrogens (tertiary/aromatic N) is 1. The zero-order valence-corrected chi connectivity index (χ0v) is 11.6. The Morgan fingerprint density at radius 3 is 3.00 bits per heavy atom. The molecule has 2 aliphatic rings. The van der Waals surface area contributed by atoms with Crippen molar-refractivity contribution in [3.63, 3.8) is 0 Å². The van der Waals surface area contributed by atoms with Crippen LogP contribution in [-0.4, -0.2) is 30.6 Å². The molecule has 2 heterocycles. The minimum absolute atomic E-state index is 0.754. The molecular weight excluding hydrogens is 220 g/mol. The Labute approximate surface area is 110 Å². The largest absolute Gasteiger partial charge is 0.312 e. The predicted octanol–water partition coefficient (Wildman–Crippen LogP) is 2.49. The minimum Gasteiger partial charge on any atom is -0.312 e. The Morgan fingerprint density at radius 2 is 2.17 bits per heavy atom. The molecule has 18 heavy (non-hydrogen) atoms. The van der Waals surface area contributed by atoms with Crippen molar-refractivity contribution in [3.05, 3.63) is 34.9 Å². The van der Waals surface area contributed by atoms with E-state index in [2.05, 4.69) is 42.3 Å². The molecule has 98 valence electrons. The van der Waals surface area contributed by atoms with E-state index in [-0.39, 0.29) is 0 Å². The highest BCUT2D eigenvalue weighted by Crippen LogP contribution is 2.26. The molecule has 0 unspecified atom stereocenters. The summed E-state index contributed by atoms with van der Waals surface area (Å²) in [4.78, 5) is 2.63. The number of benzene rings is 1. The van der Waals surface area contributed by atoms with Gasteiger partial charge < -0.3 is 5.32 Å². The summed E-state index contributed by atoms with van der Waals surface area (Å²) in [5.41, 5.74) is 4.32. The van der Waals surface area contributed by atoms with Gasteiger partial charge in [0.25, 0.3) is 0 Å². The molecule has 0 aromatic heterocycles. The van der Waals surface area contributed by atoms with Crippen molar-refractivity contribution >= 4 is 0 Å². The summed E-state index contributed by atoms with van der Waals surface area (Å²) in [5, 5.41) is 3.68. The fraction of sp³-hybridized carbons (Fsp3) is 0.625. The van der Waals surface area contributed by atoms with E-state index in [9.17, 15) is 0 Å². The standard InChI is InChI=1S/C16H24N2/c1-12-5-6-13(2)15(8-12)10-18-9-14-4-3-7-17-16(14)11-18/h5-6,8,14,16-17H,3-4,7,9-11H2,1-2H3/t14-,16+/m0/s1. The third kappa shape index (κ3) is 2.45. The summed E-state index contributed by atoms with van der Waals surface area (Å²) in [6.45, 7) is 9.29. The third-order valence-electron chi connectivity index (χ3n) is 4.57. The van der Waals surface area contributed by atoms with Gasteiger partial charge in [-0.3, -0.25) is 4.90 Å². The summed E-state index contributed by atoms with van der Waals surface area (Å²) in [6, 6.07) is 7.57. The number of nitrogens with one attached hydrogen (secondary N) is 1. The van der Waals surface area contributed by atoms with E-state index in [1.54, 1.807) is 0 Å². The van der Waals surface area contributed by atoms with E-state index in [1.807, 2.05) is 0 Å². The molecule has 0 radical (unpaired) electrons. The van der Waals surface area contributed by atoms with Crippen LogP contribution in [0.3, 0.4) is 0 Å². The van der Waals surface area contributed by atoms with Crippen molar-refractivity contribution in [2.75, 3.05) is 19.6 Å². The van der Waals surface area contributed by atoms with Gasteiger partial charge in [0, 0.05) is 25.7 Å². The topological polar surface area (TPSA) is 15.3 Å². The second-order valence-electron chi connectivity index (χ2n) is 6.09. The molecule has 0 bridgehead atoms. The molecule has 2 nitrogen and oxygen atoms in total. The molecule has 2 aliphatic heterocycles. The number of likely N-dealkylation sites (tertiary alicyclic amines) is 1. The summed E-state index contributed by atoms with van der Waals surface area (Å²) < 4.78 is 0. The number of aryl methyl sites for hydroxylation is 2. The van der Waals surface area contributed by atoms with Gasteiger partial charge in [0.1, 0.15) is 0 Å². The predicted molar refractivity (Wildman–Crippen MR) is 75.7 cm³/mol. The highest BCUT2D eigenvalue weighted by Gasteiger charge is 2.33. The van der Waals surface area contributed by atoms with Gasteiger partial charge in [-0.15, -0.1) is 0 Å². The van der Waals surface area contributed by atoms with Gasteiger partial charge in [0.2, 0.25) is 0 Å². The summed E-state index contributed by atoms with van der Waals surface area (Å²) in [6.07, 6.45) is 2.78. The van der Waals surface area contributed by atoms with Crippen molar-refractivity contribution < 1.29 is 0 Å². The second-order valence-corrected chi connectivity index (χ2v) is 6.09. The normalized spacial score (nSPS) is 28.3. The molecule has 0 spiro atoms. The lowest BCUT2D eigenvalue weighted by molar-refractivity contribution is 0.312. The van der Waals surface area contributed by atoms with Crippen LogP contribution >= 0.6 is 0 Å². The number of hydrogen-bond acceptors (Lipinski definition) is 2. The maximum atomic E-state index is 3.68. The van der Waals surface area contributed by atoms with E-state index in [4.69, 9.17) is 0 Å². The van der Waals surface area contributed by atoms with Crippen LogP contribution in [0.15, 0.2) is 18.2 Å². The van der Waals surface area contributed by atoms with Crippen LogP contribution in [0, 0.1) is 19.8 Å². The molecule has 0 aliphatic carbocycles. The van der Waals surface area contributed by atoms with Crippen molar-refractivity contribution in [1.82, 2.24) is 10.2 Å². The Hall–Kier alpha value is -0.860. The smallest absolute Gasteiger partial charge is 0.0237 e. The number of rotatable bonds is 2. The monoisotopic (exact) mass is 244 g/mol. The van der Waals surface area contributed by atoms with Gasteiger partial charge in [-0.2, -0.15) is 0 Å². The molecule has 1 N–H and O–H groups in total. The molecular formula is C16H24N2. The fourth-order valence-corrected chi connectivity index (χ4v) is 3.48. The Morgan fingerprint density at radius 1 is 1.28 bits per heavy atom. The van der Waals surface area contributed by atoms with Crippen LogP contribution in [0.5, 0.6) is 0 Å². The van der Waals surface area contributed by atoms with Crippen LogP contribution in [-0.2, 0) is 6.54 Å². The molecule has 0 saturated carbocycles. The zero-order chi connectivity index (χ0) is 12.5. The van der Waals surface area contributed by atoms with Crippen LogP contribution in [0.2, 0.25) is 0 Å². The third-order valence-corrected chi connectivity index (χ3v) is 4.57. The first-order valence-electron chi connectivity index (χ1n) is 7.24. The summed E-state index contributed by atoms with van der Waals surface area (Å²) in [5.74, 6) is 0.892. The van der Waals surface area contributed by atoms with E-state index in [1.165, 1.54) is 49.2 Å². The molecule has 2 fully saturated rings. The quantitative estimate of drug-likeness (QED) is 0.860. The lowest BCUT2D eigenvalue weighted by atomic mass is 9.94. The SMILES string of the molecule is Cc1ccc(C)c(CN2C[C@@H]3CCCN[C@@H]3C2)c1. The van der Waals surface area contributed by atoms with E-state index in [0.29, 0.717) is 0 Å². The van der Waals surface area contributed by atoms with Gasteiger partial charge in [-0.05, 0) is 50.3 Å². The summed E-state index contributed by atoms with van der Waals surface area (Å²) in [7, 11) is 0. The summed E-state index contributed by atoms with van der Waals surface area (Å²) >= 11 is 0. The molecule has 1 aromatic rings. The van der Waals surface area contributed by atoms with Gasteiger partial charge in [0.15, 0.2) is 0 Å². The van der Waals surface area contributed by atoms with Crippen LogP contribution in [0.4, 0.5) is 0 Å². The Kier molecular flexibility index (Phi) is 3.40. The first-order valence-corrected chi connectivity index (χ1v) is 7.24. The minimum atomic E-state index is 0.754. The van der Waals surface area contributed by atoms with Crippen LogP contribution in [0.25, 0.3) is 0 Å². The highest BCUT2D eigenvalue weighted by atomic mass is 15.2. The molecule has 2 atom stereocenters. The Bertz CT molecular complexity index is 413. The lowest BCUT2D eigenvalue weighted by Crippen LogP contribution is -2.40. The van der Waals surface area contributed by atoms with Crippen molar-refractivity contribution in [2.24, 2.45) is 5.92 Å². The van der Waals surface area contributed by atoms with Gasteiger partial charge in [-0.25, -0.2) is 0 Å². The average Bonchev–Trinajstić information content (AvgIpc) is 2.76. The number of fused-ring (bicyclic) bond motifs is 1. The second kappa shape index (κ2) is 5.02. The fourth-order valence-electron chi connectivity index (χ4n) is 3.48. The van der Waals surface area contributed by atoms with E-state index >= 15 is 0 Å². The molecule has 0 amide bonds. The van der Waals surface area contributed by atoms with Gasteiger partial charge in [0.05, 0.1) is 0 Å². The molecule has 2 heteroatoms. The number of piperidine rings is 1. The van der Waals surface area contributed by atoms with E-state index in [0.717, 1.165) is 18.5 Å². The van der Waals surface area contributed by atoms with Gasteiger partial charge >= 0.3 is 0 Å². The first-order chi connectivity index (χ1) is 8.72. The molecule has 2 saturated heterocycles. The highest BCUT2D eigenvalue weighted by molar-refractivity contribution is 5.30.